The standard InChI is InChI=1S/C25H24F4N2O2/c26-17-5-15(6-18(27)9-17)23(32)30-22-4-14-3-13-1-2-21(22)25(11-13,12-14)31-24(33)16-7-19(28)10-20(29)8-16/h5-10,13-14,21-22H,1-4,11-12H2,(H,30,32)(H,31,33). The average Bonchev–Trinajstić information content (AvgIpc) is 2.70. The molecule has 0 heterocycles. The maximum absolute atomic E-state index is 13.7. The molecule has 8 heteroatoms. The summed E-state index contributed by atoms with van der Waals surface area (Å²) in [7, 11) is 0. The second-order valence-corrected chi connectivity index (χ2v) is 9.80. The van der Waals surface area contributed by atoms with Crippen molar-refractivity contribution in [2.75, 3.05) is 0 Å². The second kappa shape index (κ2) is 8.15. The summed E-state index contributed by atoms with van der Waals surface area (Å²) in [5, 5.41) is 6.04. The smallest absolute Gasteiger partial charge is 0.251 e. The van der Waals surface area contributed by atoms with E-state index < -0.39 is 40.6 Å². The molecule has 0 spiro atoms. The predicted octanol–water partition coefficient (Wildman–Crippen LogP) is 4.74. The van der Waals surface area contributed by atoms with Crippen LogP contribution >= 0.6 is 0 Å². The van der Waals surface area contributed by atoms with E-state index in [9.17, 15) is 27.2 Å². The van der Waals surface area contributed by atoms with Crippen molar-refractivity contribution in [1.82, 2.24) is 10.6 Å². The van der Waals surface area contributed by atoms with Gasteiger partial charge in [-0.3, -0.25) is 9.59 Å². The van der Waals surface area contributed by atoms with E-state index in [4.69, 9.17) is 0 Å². The molecule has 3 aliphatic carbocycles. The van der Waals surface area contributed by atoms with Gasteiger partial charge in [0.1, 0.15) is 23.3 Å². The lowest BCUT2D eigenvalue weighted by molar-refractivity contribution is -0.0322. The highest BCUT2D eigenvalue weighted by molar-refractivity contribution is 5.95. The van der Waals surface area contributed by atoms with Gasteiger partial charge in [0.15, 0.2) is 0 Å². The summed E-state index contributed by atoms with van der Waals surface area (Å²) in [6.45, 7) is 0. The molecular weight excluding hydrogens is 436 g/mol. The summed E-state index contributed by atoms with van der Waals surface area (Å²) < 4.78 is 54.6. The fourth-order valence-corrected chi connectivity index (χ4v) is 6.53. The van der Waals surface area contributed by atoms with Gasteiger partial charge >= 0.3 is 0 Å². The first-order valence-electron chi connectivity index (χ1n) is 11.3. The van der Waals surface area contributed by atoms with Gasteiger partial charge in [-0.1, -0.05) is 0 Å². The lowest BCUT2D eigenvalue weighted by atomic mass is 9.52. The fraction of sp³-hybridized carbons (Fsp3) is 0.440. The SMILES string of the molecule is O=C(NC1CC2CC3CCC1C(NC(=O)c1cc(F)cc(F)c1)(C3)C2)c1cc(F)cc(F)c1. The quantitative estimate of drug-likeness (QED) is 0.648. The number of hydrogen-bond acceptors (Lipinski definition) is 2. The molecule has 3 fully saturated rings. The highest BCUT2D eigenvalue weighted by atomic mass is 19.1. The third kappa shape index (κ3) is 4.23. The Morgan fingerprint density at radius 3 is 1.88 bits per heavy atom. The molecule has 0 aliphatic heterocycles. The molecule has 3 aliphatic rings. The van der Waals surface area contributed by atoms with E-state index in [1.807, 2.05) is 0 Å². The number of fused-ring (bicyclic) bond motifs is 2. The lowest BCUT2D eigenvalue weighted by Crippen LogP contribution is -2.68. The normalized spacial score (nSPS) is 30.1. The summed E-state index contributed by atoms with van der Waals surface area (Å²) in [4.78, 5) is 25.8. The Morgan fingerprint density at radius 1 is 0.727 bits per heavy atom. The van der Waals surface area contributed by atoms with E-state index in [2.05, 4.69) is 10.6 Å². The molecule has 174 valence electrons. The van der Waals surface area contributed by atoms with Crippen LogP contribution in [-0.4, -0.2) is 23.4 Å². The van der Waals surface area contributed by atoms with Crippen molar-refractivity contribution < 1.29 is 27.2 Å². The molecule has 5 rings (SSSR count). The monoisotopic (exact) mass is 460 g/mol. The predicted molar refractivity (Wildman–Crippen MR) is 112 cm³/mol. The van der Waals surface area contributed by atoms with Crippen molar-refractivity contribution in [1.29, 1.82) is 0 Å². The minimum absolute atomic E-state index is 0.0822. The zero-order valence-corrected chi connectivity index (χ0v) is 17.8. The van der Waals surface area contributed by atoms with E-state index in [0.29, 0.717) is 12.0 Å². The van der Waals surface area contributed by atoms with Gasteiger partial charge in [0.25, 0.3) is 11.8 Å². The first-order valence-corrected chi connectivity index (χ1v) is 11.3. The molecule has 2 aromatic rings. The molecular formula is C25H24F4N2O2. The van der Waals surface area contributed by atoms with E-state index in [1.165, 1.54) is 0 Å². The van der Waals surface area contributed by atoms with Crippen LogP contribution < -0.4 is 10.6 Å². The second-order valence-electron chi connectivity index (χ2n) is 9.80. The van der Waals surface area contributed by atoms with Crippen molar-refractivity contribution >= 4 is 11.8 Å². The first-order chi connectivity index (χ1) is 15.7. The van der Waals surface area contributed by atoms with Crippen LogP contribution in [0.25, 0.3) is 0 Å². The molecule has 0 aromatic heterocycles. The van der Waals surface area contributed by atoms with E-state index in [1.54, 1.807) is 0 Å². The van der Waals surface area contributed by atoms with Gasteiger partial charge in [-0.05, 0) is 74.6 Å². The Kier molecular flexibility index (Phi) is 5.41. The van der Waals surface area contributed by atoms with Crippen molar-refractivity contribution in [3.63, 3.8) is 0 Å². The topological polar surface area (TPSA) is 58.2 Å². The molecule has 0 saturated heterocycles. The Bertz CT molecular complexity index is 1080. The molecule has 5 unspecified atom stereocenters. The zero-order chi connectivity index (χ0) is 23.3. The largest absolute Gasteiger partial charge is 0.349 e. The van der Waals surface area contributed by atoms with Gasteiger partial charge in [0.2, 0.25) is 0 Å². The number of benzene rings is 2. The van der Waals surface area contributed by atoms with Crippen LogP contribution in [0.4, 0.5) is 17.6 Å². The highest BCUT2D eigenvalue weighted by Crippen LogP contribution is 2.55. The zero-order valence-electron chi connectivity index (χ0n) is 17.8. The molecule has 3 bridgehead atoms. The van der Waals surface area contributed by atoms with Crippen LogP contribution in [0, 0.1) is 41.0 Å². The first kappa shape index (κ1) is 21.9. The van der Waals surface area contributed by atoms with Crippen LogP contribution in [-0.2, 0) is 0 Å². The van der Waals surface area contributed by atoms with Crippen molar-refractivity contribution in [2.24, 2.45) is 17.8 Å². The molecule has 2 amide bonds. The maximum atomic E-state index is 13.7. The van der Waals surface area contributed by atoms with E-state index in [-0.39, 0.29) is 29.0 Å². The number of halogens is 4. The Balaban J connectivity index is 1.40. The molecule has 33 heavy (non-hydrogen) atoms. The third-order valence-corrected chi connectivity index (χ3v) is 7.57. The number of amides is 2. The Morgan fingerprint density at radius 2 is 1.27 bits per heavy atom. The van der Waals surface area contributed by atoms with Gasteiger partial charge in [-0.25, -0.2) is 17.6 Å². The summed E-state index contributed by atoms with van der Waals surface area (Å²) in [6, 6.07) is 5.15. The molecule has 3 saturated carbocycles. The van der Waals surface area contributed by atoms with Crippen LogP contribution in [0.3, 0.4) is 0 Å². The minimum Gasteiger partial charge on any atom is -0.349 e. The number of hydrogen-bond donors (Lipinski definition) is 2. The molecule has 0 radical (unpaired) electrons. The minimum atomic E-state index is -0.827. The van der Waals surface area contributed by atoms with E-state index in [0.717, 1.165) is 68.9 Å². The van der Waals surface area contributed by atoms with Gasteiger partial charge in [-0.15, -0.1) is 0 Å². The van der Waals surface area contributed by atoms with Gasteiger partial charge < -0.3 is 10.6 Å². The summed E-state index contributed by atoms with van der Waals surface area (Å²) >= 11 is 0. The summed E-state index contributed by atoms with van der Waals surface area (Å²) in [5.41, 5.74) is -0.777. The number of rotatable bonds is 4. The number of nitrogens with one attached hydrogen (secondary N) is 2. The van der Waals surface area contributed by atoms with Crippen LogP contribution in [0.2, 0.25) is 0 Å². The fourth-order valence-electron chi connectivity index (χ4n) is 6.53. The van der Waals surface area contributed by atoms with Crippen LogP contribution in [0.1, 0.15) is 59.2 Å². The van der Waals surface area contributed by atoms with Gasteiger partial charge in [-0.2, -0.15) is 0 Å². The van der Waals surface area contributed by atoms with Crippen molar-refractivity contribution in [2.45, 2.75) is 50.1 Å². The molecule has 4 nitrogen and oxygen atoms in total. The molecule has 2 N–H and O–H groups in total. The highest BCUT2D eigenvalue weighted by Gasteiger charge is 2.56. The number of carbonyl (C=O) groups excluding carboxylic acids is 2. The molecule has 2 aromatic carbocycles. The average molecular weight is 460 g/mol. The third-order valence-electron chi connectivity index (χ3n) is 7.57. The van der Waals surface area contributed by atoms with Crippen molar-refractivity contribution in [3.8, 4) is 0 Å². The summed E-state index contributed by atoms with van der Waals surface area (Å²) in [6.07, 6.45) is 4.92. The maximum Gasteiger partial charge on any atom is 0.251 e. The Hall–Kier alpha value is -2.90. The Labute approximate surface area is 188 Å². The lowest BCUT2D eigenvalue weighted by Gasteiger charge is -2.59. The summed E-state index contributed by atoms with van der Waals surface area (Å²) in [5.74, 6) is -3.78. The van der Waals surface area contributed by atoms with Crippen LogP contribution in [0.15, 0.2) is 36.4 Å². The van der Waals surface area contributed by atoms with Gasteiger partial charge in [0, 0.05) is 40.8 Å². The van der Waals surface area contributed by atoms with E-state index >= 15 is 0 Å². The van der Waals surface area contributed by atoms with Crippen molar-refractivity contribution in [3.05, 3.63) is 70.8 Å². The van der Waals surface area contributed by atoms with Gasteiger partial charge in [0.05, 0.1) is 0 Å². The molecule has 5 atom stereocenters. The number of carbonyl (C=O) groups is 2. The van der Waals surface area contributed by atoms with Crippen LogP contribution in [0.5, 0.6) is 0 Å².